The molecule has 7 nitrogen and oxygen atoms in total. The van der Waals surface area contributed by atoms with Crippen LogP contribution in [-0.2, 0) is 17.8 Å². The molecular weight excluding hydrogens is 354 g/mol. The first-order valence-corrected chi connectivity index (χ1v) is 10.1. The van der Waals surface area contributed by atoms with Crippen molar-refractivity contribution in [1.82, 2.24) is 20.2 Å². The first-order chi connectivity index (χ1) is 13.8. The van der Waals surface area contributed by atoms with Gasteiger partial charge in [0.05, 0.1) is 13.2 Å². The van der Waals surface area contributed by atoms with E-state index >= 15 is 0 Å². The van der Waals surface area contributed by atoms with Gasteiger partial charge in [0.25, 0.3) is 0 Å². The molecule has 1 aromatic carbocycles. The number of nitrogens with zero attached hydrogens (tertiary/aromatic N) is 4. The molecule has 2 N–H and O–H groups in total. The van der Waals surface area contributed by atoms with Crippen LogP contribution in [0.2, 0.25) is 0 Å². The minimum absolute atomic E-state index is 0.338. The highest BCUT2D eigenvalue weighted by Gasteiger charge is 2.20. The Bertz CT molecular complexity index is 749. The molecule has 0 spiro atoms. The number of likely N-dealkylation sites (tertiary alicyclic amines) is 1. The molecule has 2 saturated heterocycles. The standard InChI is InChI=1S/C21H29N5O2/c27-20-5-1-3-17(11-20)15-25-6-2-4-19(16-25)22-12-18-13-23-21(24-14-18)26-7-9-28-10-8-26/h1,3,5,11,13-14,19,22,27H,2,4,6-10,12,15-16H2/t19-/m0/s1. The number of phenols is 1. The first kappa shape index (κ1) is 19.1. The molecule has 0 bridgehead atoms. The number of rotatable bonds is 6. The Morgan fingerprint density at radius 2 is 1.93 bits per heavy atom. The van der Waals surface area contributed by atoms with Crippen molar-refractivity contribution in [3.8, 4) is 5.75 Å². The minimum Gasteiger partial charge on any atom is -0.508 e. The Kier molecular flexibility index (Phi) is 6.36. The molecule has 4 rings (SSSR count). The van der Waals surface area contributed by atoms with E-state index in [0.717, 1.165) is 69.6 Å². The van der Waals surface area contributed by atoms with Gasteiger partial charge in [0, 0.05) is 56.7 Å². The van der Waals surface area contributed by atoms with E-state index in [4.69, 9.17) is 4.74 Å². The topological polar surface area (TPSA) is 73.8 Å². The monoisotopic (exact) mass is 383 g/mol. The van der Waals surface area contributed by atoms with E-state index in [-0.39, 0.29) is 0 Å². The van der Waals surface area contributed by atoms with Crippen LogP contribution in [0.5, 0.6) is 5.75 Å². The third kappa shape index (κ3) is 5.19. The number of nitrogens with one attached hydrogen (secondary N) is 1. The van der Waals surface area contributed by atoms with E-state index in [0.29, 0.717) is 11.8 Å². The van der Waals surface area contributed by atoms with E-state index < -0.39 is 0 Å². The maximum Gasteiger partial charge on any atom is 0.225 e. The number of aromatic hydroxyl groups is 1. The predicted molar refractivity (Wildman–Crippen MR) is 108 cm³/mol. The van der Waals surface area contributed by atoms with Crippen molar-refractivity contribution in [1.29, 1.82) is 0 Å². The van der Waals surface area contributed by atoms with Gasteiger partial charge in [-0.15, -0.1) is 0 Å². The smallest absolute Gasteiger partial charge is 0.225 e. The molecule has 2 aliphatic rings. The average Bonchev–Trinajstić information content (AvgIpc) is 2.74. The minimum atomic E-state index is 0.338. The SMILES string of the molecule is Oc1cccc(CN2CCC[C@H](NCc3cnc(N4CCOCC4)nc3)C2)c1. The van der Waals surface area contributed by atoms with Crippen LogP contribution in [0, 0.1) is 0 Å². The van der Waals surface area contributed by atoms with Gasteiger partial charge in [-0.05, 0) is 37.1 Å². The highest BCUT2D eigenvalue weighted by Crippen LogP contribution is 2.17. The highest BCUT2D eigenvalue weighted by atomic mass is 16.5. The fourth-order valence-electron chi connectivity index (χ4n) is 3.91. The maximum atomic E-state index is 9.66. The van der Waals surface area contributed by atoms with Crippen molar-refractivity contribution in [2.24, 2.45) is 0 Å². The van der Waals surface area contributed by atoms with Gasteiger partial charge in [-0.3, -0.25) is 4.90 Å². The fraction of sp³-hybridized carbons (Fsp3) is 0.524. The number of aromatic nitrogens is 2. The van der Waals surface area contributed by atoms with Gasteiger partial charge in [0.2, 0.25) is 5.95 Å². The predicted octanol–water partition coefficient (Wildman–Crippen LogP) is 1.77. The van der Waals surface area contributed by atoms with Crippen LogP contribution in [0.3, 0.4) is 0 Å². The average molecular weight is 383 g/mol. The van der Waals surface area contributed by atoms with Crippen molar-refractivity contribution in [2.75, 3.05) is 44.3 Å². The van der Waals surface area contributed by atoms with E-state index in [9.17, 15) is 5.11 Å². The molecule has 2 fully saturated rings. The van der Waals surface area contributed by atoms with Crippen LogP contribution in [-0.4, -0.2) is 65.4 Å². The zero-order valence-corrected chi connectivity index (χ0v) is 16.3. The second kappa shape index (κ2) is 9.32. The Hall–Kier alpha value is -2.22. The molecule has 3 heterocycles. The second-order valence-corrected chi connectivity index (χ2v) is 7.62. The molecule has 0 saturated carbocycles. The molecule has 150 valence electrons. The third-order valence-electron chi connectivity index (χ3n) is 5.40. The summed E-state index contributed by atoms with van der Waals surface area (Å²) < 4.78 is 5.38. The summed E-state index contributed by atoms with van der Waals surface area (Å²) in [4.78, 5) is 13.7. The van der Waals surface area contributed by atoms with Gasteiger partial charge in [0.15, 0.2) is 0 Å². The number of hydrogen-bond donors (Lipinski definition) is 2. The first-order valence-electron chi connectivity index (χ1n) is 10.1. The molecule has 28 heavy (non-hydrogen) atoms. The van der Waals surface area contributed by atoms with E-state index in [1.807, 2.05) is 24.5 Å². The van der Waals surface area contributed by atoms with Gasteiger partial charge in [0.1, 0.15) is 5.75 Å². The van der Waals surface area contributed by atoms with Crippen LogP contribution in [0.15, 0.2) is 36.7 Å². The van der Waals surface area contributed by atoms with Crippen molar-refractivity contribution < 1.29 is 9.84 Å². The van der Waals surface area contributed by atoms with E-state index in [1.165, 1.54) is 12.8 Å². The van der Waals surface area contributed by atoms with Crippen molar-refractivity contribution in [2.45, 2.75) is 32.0 Å². The van der Waals surface area contributed by atoms with Crippen LogP contribution >= 0.6 is 0 Å². The van der Waals surface area contributed by atoms with Gasteiger partial charge < -0.3 is 20.1 Å². The normalized spacial score (nSPS) is 21.0. The number of anilines is 1. The van der Waals surface area contributed by atoms with Crippen molar-refractivity contribution in [3.63, 3.8) is 0 Å². The largest absolute Gasteiger partial charge is 0.508 e. The Labute approximate surface area is 166 Å². The summed E-state index contributed by atoms with van der Waals surface area (Å²) >= 11 is 0. The Balaban J connectivity index is 1.26. The molecule has 7 heteroatoms. The molecule has 0 aliphatic carbocycles. The molecule has 2 aliphatic heterocycles. The lowest BCUT2D eigenvalue weighted by atomic mass is 10.0. The van der Waals surface area contributed by atoms with Crippen molar-refractivity contribution in [3.05, 3.63) is 47.8 Å². The number of hydrogen-bond acceptors (Lipinski definition) is 7. The van der Waals surface area contributed by atoms with Gasteiger partial charge in [-0.25, -0.2) is 9.97 Å². The summed E-state index contributed by atoms with van der Waals surface area (Å²) in [6, 6.07) is 8.01. The zero-order chi connectivity index (χ0) is 19.2. The quantitative estimate of drug-likeness (QED) is 0.788. The molecule has 0 radical (unpaired) electrons. The fourth-order valence-corrected chi connectivity index (χ4v) is 3.91. The summed E-state index contributed by atoms with van der Waals surface area (Å²) in [5.74, 6) is 1.13. The van der Waals surface area contributed by atoms with Crippen molar-refractivity contribution >= 4 is 5.95 Å². The highest BCUT2D eigenvalue weighted by molar-refractivity contribution is 5.30. The number of piperidine rings is 1. The van der Waals surface area contributed by atoms with Gasteiger partial charge in [-0.2, -0.15) is 0 Å². The summed E-state index contributed by atoms with van der Waals surface area (Å²) in [6.07, 6.45) is 6.22. The van der Waals surface area contributed by atoms with Crippen LogP contribution < -0.4 is 10.2 Å². The van der Waals surface area contributed by atoms with E-state index in [2.05, 4.69) is 31.2 Å². The van der Waals surface area contributed by atoms with E-state index in [1.54, 1.807) is 6.07 Å². The van der Waals surface area contributed by atoms with Gasteiger partial charge in [-0.1, -0.05) is 12.1 Å². The lowest BCUT2D eigenvalue weighted by Gasteiger charge is -2.33. The van der Waals surface area contributed by atoms with Gasteiger partial charge >= 0.3 is 0 Å². The molecular formula is C21H29N5O2. The number of morpholine rings is 1. The number of benzene rings is 1. The molecule has 0 amide bonds. The summed E-state index contributed by atoms with van der Waals surface area (Å²) in [5.41, 5.74) is 2.27. The number of phenolic OH excluding ortho intramolecular Hbond substituents is 1. The Morgan fingerprint density at radius 1 is 1.11 bits per heavy atom. The van der Waals surface area contributed by atoms with Crippen LogP contribution in [0.1, 0.15) is 24.0 Å². The molecule has 1 atom stereocenters. The lowest BCUT2D eigenvalue weighted by Crippen LogP contribution is -2.45. The second-order valence-electron chi connectivity index (χ2n) is 7.62. The third-order valence-corrected chi connectivity index (χ3v) is 5.40. The van der Waals surface area contributed by atoms with Crippen LogP contribution in [0.25, 0.3) is 0 Å². The Morgan fingerprint density at radius 3 is 2.71 bits per heavy atom. The molecule has 2 aromatic rings. The summed E-state index contributed by atoms with van der Waals surface area (Å²) in [7, 11) is 0. The maximum absolute atomic E-state index is 9.66. The summed E-state index contributed by atoms with van der Waals surface area (Å²) in [5, 5.41) is 13.3. The summed E-state index contributed by atoms with van der Waals surface area (Å²) in [6.45, 7) is 6.98. The molecule has 0 unspecified atom stereocenters. The molecule has 1 aromatic heterocycles. The zero-order valence-electron chi connectivity index (χ0n) is 16.3. The van der Waals surface area contributed by atoms with Crippen LogP contribution in [0.4, 0.5) is 5.95 Å². The lowest BCUT2D eigenvalue weighted by molar-refractivity contribution is 0.122. The number of ether oxygens (including phenoxy) is 1.